The number of halogens is 1. The second-order valence-electron chi connectivity index (χ2n) is 10.9. The Bertz CT molecular complexity index is 1530. The van der Waals surface area contributed by atoms with Crippen molar-refractivity contribution in [2.75, 3.05) is 30.0 Å². The molecule has 2 aromatic heterocycles. The monoisotopic (exact) mass is 571 g/mol. The van der Waals surface area contributed by atoms with E-state index < -0.39 is 15.3 Å². The van der Waals surface area contributed by atoms with Crippen molar-refractivity contribution >= 4 is 50.0 Å². The molecule has 208 valence electrons. The molecule has 0 saturated carbocycles. The first kappa shape index (κ1) is 27.5. The van der Waals surface area contributed by atoms with Crippen LogP contribution < -0.4 is 10.2 Å². The average molecular weight is 572 g/mol. The van der Waals surface area contributed by atoms with E-state index in [0.717, 1.165) is 27.8 Å². The van der Waals surface area contributed by atoms with Gasteiger partial charge >= 0.3 is 6.03 Å². The summed E-state index contributed by atoms with van der Waals surface area (Å²) in [6.45, 7) is 5.66. The number of aromatic nitrogens is 2. The molecule has 0 bridgehead atoms. The van der Waals surface area contributed by atoms with E-state index in [2.05, 4.69) is 14.9 Å². The fourth-order valence-electron chi connectivity index (χ4n) is 5.90. The molecule has 0 unspecified atom stereocenters. The molecule has 1 saturated heterocycles. The maximum Gasteiger partial charge on any atom is 0.317 e. The van der Waals surface area contributed by atoms with Crippen molar-refractivity contribution in [2.45, 2.75) is 57.7 Å². The SMILES string of the molecule is CC(C)NC(=O)N1CCC2(CC1)C(=O)N(Cc1cc3cc(Cl)ccc3n1CCCS(C)(=O)=O)c1cnccc12. The van der Waals surface area contributed by atoms with Gasteiger partial charge in [0.1, 0.15) is 9.84 Å². The molecule has 4 heterocycles. The van der Waals surface area contributed by atoms with Crippen molar-refractivity contribution in [3.8, 4) is 0 Å². The number of aryl methyl sites for hydroxylation is 1. The van der Waals surface area contributed by atoms with Crippen LogP contribution in [0.3, 0.4) is 0 Å². The second-order valence-corrected chi connectivity index (χ2v) is 13.6. The van der Waals surface area contributed by atoms with Crippen LogP contribution in [0.25, 0.3) is 10.9 Å². The van der Waals surface area contributed by atoms with Gasteiger partial charge in [-0.15, -0.1) is 0 Å². The van der Waals surface area contributed by atoms with Crippen LogP contribution in [0.15, 0.2) is 42.7 Å². The van der Waals surface area contributed by atoms with Crippen LogP contribution in [0, 0.1) is 0 Å². The van der Waals surface area contributed by atoms with Gasteiger partial charge in [0.2, 0.25) is 5.91 Å². The summed E-state index contributed by atoms with van der Waals surface area (Å²) in [7, 11) is -3.10. The summed E-state index contributed by atoms with van der Waals surface area (Å²) in [5.74, 6) is 0.0967. The average Bonchev–Trinajstić information content (AvgIpc) is 3.31. The number of nitrogens with one attached hydrogen (secondary N) is 1. The van der Waals surface area contributed by atoms with Gasteiger partial charge in [-0.2, -0.15) is 0 Å². The van der Waals surface area contributed by atoms with Crippen molar-refractivity contribution in [3.05, 3.63) is 59.0 Å². The summed E-state index contributed by atoms with van der Waals surface area (Å²) in [6, 6.07) is 9.53. The molecule has 11 heteroatoms. The number of benzene rings is 1. The molecule has 1 spiro atoms. The minimum absolute atomic E-state index is 0.0143. The maximum absolute atomic E-state index is 14.2. The van der Waals surface area contributed by atoms with E-state index in [1.54, 1.807) is 22.2 Å². The van der Waals surface area contributed by atoms with E-state index in [1.807, 2.05) is 44.2 Å². The van der Waals surface area contributed by atoms with Crippen LogP contribution in [-0.2, 0) is 33.1 Å². The molecule has 2 aliphatic heterocycles. The van der Waals surface area contributed by atoms with Gasteiger partial charge < -0.3 is 19.7 Å². The van der Waals surface area contributed by atoms with E-state index in [0.29, 0.717) is 50.5 Å². The summed E-state index contributed by atoms with van der Waals surface area (Å²) in [6.07, 6.45) is 6.25. The highest BCUT2D eigenvalue weighted by atomic mass is 35.5. The molecule has 3 aromatic rings. The van der Waals surface area contributed by atoms with Gasteiger partial charge in [-0.1, -0.05) is 11.6 Å². The third kappa shape index (κ3) is 5.36. The molecule has 0 radical (unpaired) electrons. The molecule has 0 aliphatic carbocycles. The molecule has 2 aliphatic rings. The first-order valence-corrected chi connectivity index (χ1v) is 15.7. The Morgan fingerprint density at radius 1 is 1.18 bits per heavy atom. The number of carbonyl (C=O) groups excluding carboxylic acids is 2. The first-order valence-electron chi connectivity index (χ1n) is 13.3. The van der Waals surface area contributed by atoms with Crippen LogP contribution in [0.2, 0.25) is 5.02 Å². The van der Waals surface area contributed by atoms with E-state index in [-0.39, 0.29) is 23.7 Å². The Morgan fingerprint density at radius 2 is 1.92 bits per heavy atom. The lowest BCUT2D eigenvalue weighted by Gasteiger charge is -2.38. The van der Waals surface area contributed by atoms with Crippen LogP contribution in [0.1, 0.15) is 44.4 Å². The Morgan fingerprint density at radius 3 is 2.62 bits per heavy atom. The predicted molar refractivity (Wildman–Crippen MR) is 153 cm³/mol. The van der Waals surface area contributed by atoms with Crippen LogP contribution in [0.4, 0.5) is 10.5 Å². The van der Waals surface area contributed by atoms with Gasteiger partial charge in [-0.05, 0) is 69.0 Å². The fourth-order valence-corrected chi connectivity index (χ4v) is 6.73. The molecule has 9 nitrogen and oxygen atoms in total. The van der Waals surface area contributed by atoms with Crippen molar-refractivity contribution < 1.29 is 18.0 Å². The number of sulfone groups is 1. The van der Waals surface area contributed by atoms with E-state index >= 15 is 0 Å². The molecule has 3 amide bonds. The quantitative estimate of drug-likeness (QED) is 0.459. The van der Waals surface area contributed by atoms with Gasteiger partial charge in [-0.25, -0.2) is 13.2 Å². The number of amides is 3. The number of hydrogen-bond donors (Lipinski definition) is 1. The third-order valence-electron chi connectivity index (χ3n) is 7.74. The first-order chi connectivity index (χ1) is 18.5. The summed E-state index contributed by atoms with van der Waals surface area (Å²) >= 11 is 6.27. The molecular weight excluding hydrogens is 538 g/mol. The highest BCUT2D eigenvalue weighted by molar-refractivity contribution is 7.90. The highest BCUT2D eigenvalue weighted by Crippen LogP contribution is 2.48. The minimum Gasteiger partial charge on any atom is -0.343 e. The number of carbonyl (C=O) groups is 2. The number of anilines is 1. The molecule has 0 atom stereocenters. The smallest absolute Gasteiger partial charge is 0.317 e. The molecule has 1 fully saturated rings. The second kappa shape index (κ2) is 10.5. The largest absolute Gasteiger partial charge is 0.343 e. The third-order valence-corrected chi connectivity index (χ3v) is 9.01. The minimum atomic E-state index is -3.10. The lowest BCUT2D eigenvalue weighted by molar-refractivity contribution is -0.124. The number of nitrogens with zero attached hydrogens (tertiary/aromatic N) is 4. The number of fused-ring (bicyclic) bond motifs is 3. The van der Waals surface area contributed by atoms with Gasteiger partial charge in [0.15, 0.2) is 0 Å². The van der Waals surface area contributed by atoms with Crippen molar-refractivity contribution in [2.24, 2.45) is 0 Å². The molecule has 39 heavy (non-hydrogen) atoms. The standard InChI is InChI=1S/C28H34ClN5O4S/c1-19(2)31-27(36)32-12-8-28(9-13-32)23-7-10-30-17-25(23)34(26(28)35)18-22-16-20-15-21(29)5-6-24(20)33(22)11-4-14-39(3,37)38/h5-7,10,15-17,19H,4,8-9,11-14,18H2,1-3H3,(H,31,36). The number of piperidine rings is 1. The zero-order valence-corrected chi connectivity index (χ0v) is 24.1. The normalized spacial score (nSPS) is 16.9. The summed E-state index contributed by atoms with van der Waals surface area (Å²) in [5.41, 5.74) is 2.88. The number of likely N-dealkylation sites (tertiary alicyclic amines) is 1. The number of rotatable bonds is 7. The van der Waals surface area contributed by atoms with E-state index in [9.17, 15) is 18.0 Å². The highest BCUT2D eigenvalue weighted by Gasteiger charge is 2.52. The van der Waals surface area contributed by atoms with Crippen molar-refractivity contribution in [3.63, 3.8) is 0 Å². The Balaban J connectivity index is 1.45. The zero-order chi connectivity index (χ0) is 27.9. The molecule has 1 N–H and O–H groups in total. The van der Waals surface area contributed by atoms with Crippen LogP contribution in [-0.4, -0.2) is 65.9 Å². The van der Waals surface area contributed by atoms with Gasteiger partial charge in [-0.3, -0.25) is 9.78 Å². The summed E-state index contributed by atoms with van der Waals surface area (Å²) in [4.78, 5) is 34.7. The Kier molecular flexibility index (Phi) is 7.37. The Labute approximate surface area is 234 Å². The maximum atomic E-state index is 14.2. The van der Waals surface area contributed by atoms with Gasteiger partial charge in [0, 0.05) is 59.7 Å². The van der Waals surface area contributed by atoms with E-state index in [1.165, 1.54) is 6.26 Å². The fraction of sp³-hybridized carbons (Fsp3) is 0.464. The lowest BCUT2D eigenvalue weighted by atomic mass is 9.74. The van der Waals surface area contributed by atoms with Crippen LogP contribution in [0.5, 0.6) is 0 Å². The Hall–Kier alpha value is -3.11. The van der Waals surface area contributed by atoms with Gasteiger partial charge in [0.25, 0.3) is 0 Å². The van der Waals surface area contributed by atoms with Crippen LogP contribution >= 0.6 is 11.6 Å². The summed E-state index contributed by atoms with van der Waals surface area (Å²) in [5, 5.41) is 4.50. The summed E-state index contributed by atoms with van der Waals surface area (Å²) < 4.78 is 25.7. The zero-order valence-electron chi connectivity index (χ0n) is 22.5. The number of urea groups is 1. The van der Waals surface area contributed by atoms with Crippen molar-refractivity contribution in [1.29, 1.82) is 0 Å². The molecule has 5 rings (SSSR count). The van der Waals surface area contributed by atoms with Crippen molar-refractivity contribution in [1.82, 2.24) is 19.8 Å². The topological polar surface area (TPSA) is 105 Å². The molecular formula is C28H34ClN5O4S. The van der Waals surface area contributed by atoms with E-state index in [4.69, 9.17) is 11.6 Å². The predicted octanol–water partition coefficient (Wildman–Crippen LogP) is 4.12. The van der Waals surface area contributed by atoms with Gasteiger partial charge in [0.05, 0.1) is 29.6 Å². The number of pyridine rings is 1. The molecule has 1 aromatic carbocycles. The lowest BCUT2D eigenvalue weighted by Crippen LogP contribution is -2.53. The number of hydrogen-bond acceptors (Lipinski definition) is 5.